The summed E-state index contributed by atoms with van der Waals surface area (Å²) in [6.07, 6.45) is 0. The van der Waals surface area contributed by atoms with Crippen molar-refractivity contribution in [1.29, 1.82) is 0 Å². The topological polar surface area (TPSA) is 52.6 Å². The van der Waals surface area contributed by atoms with Gasteiger partial charge in [0.25, 0.3) is 0 Å². The Labute approximate surface area is 192 Å². The fourth-order valence-electron chi connectivity index (χ4n) is 3.26. The molecule has 30 heavy (non-hydrogen) atoms. The number of alkyl halides is 2. The molecule has 0 saturated carbocycles. The van der Waals surface area contributed by atoms with E-state index in [1.807, 2.05) is 24.3 Å². The summed E-state index contributed by atoms with van der Waals surface area (Å²) in [5.74, 6) is -0.705. The summed E-state index contributed by atoms with van der Waals surface area (Å²) in [4.78, 5) is 23.4. The van der Waals surface area contributed by atoms with Crippen LogP contribution in [0.2, 0.25) is 0 Å². The summed E-state index contributed by atoms with van der Waals surface area (Å²) in [5, 5.41) is 1.35. The van der Waals surface area contributed by atoms with Gasteiger partial charge in [-0.3, -0.25) is 0 Å². The first-order valence-corrected chi connectivity index (χ1v) is 11.4. The van der Waals surface area contributed by atoms with Gasteiger partial charge in [-0.2, -0.15) is 0 Å². The Morgan fingerprint density at radius 2 is 1.00 bits per heavy atom. The summed E-state index contributed by atoms with van der Waals surface area (Å²) in [5.41, 5.74) is 7.50. The van der Waals surface area contributed by atoms with Gasteiger partial charge >= 0.3 is 11.9 Å². The van der Waals surface area contributed by atoms with Crippen molar-refractivity contribution in [3.63, 3.8) is 0 Å². The molecule has 0 amide bonds. The van der Waals surface area contributed by atoms with Crippen molar-refractivity contribution in [2.75, 3.05) is 14.2 Å². The summed E-state index contributed by atoms with van der Waals surface area (Å²) in [6, 6.07) is 19.1. The highest BCUT2D eigenvalue weighted by Gasteiger charge is 2.14. The molecule has 0 aliphatic carbocycles. The minimum atomic E-state index is -0.353. The molecular formula is C24H20Br2O4. The molecule has 0 saturated heterocycles. The van der Waals surface area contributed by atoms with E-state index in [9.17, 15) is 9.59 Å². The molecule has 0 bridgehead atoms. The third kappa shape index (κ3) is 4.65. The van der Waals surface area contributed by atoms with Crippen LogP contribution in [0.1, 0.15) is 31.8 Å². The van der Waals surface area contributed by atoms with Gasteiger partial charge in [0.1, 0.15) is 0 Å². The largest absolute Gasteiger partial charge is 0.465 e. The summed E-state index contributed by atoms with van der Waals surface area (Å²) in [7, 11) is 2.75. The zero-order valence-electron chi connectivity index (χ0n) is 16.6. The number of hydrogen-bond donors (Lipinski definition) is 0. The van der Waals surface area contributed by atoms with Crippen molar-refractivity contribution in [2.24, 2.45) is 0 Å². The van der Waals surface area contributed by atoms with Gasteiger partial charge in [0.2, 0.25) is 0 Å². The summed E-state index contributed by atoms with van der Waals surface area (Å²) >= 11 is 7.20. The van der Waals surface area contributed by atoms with Crippen LogP contribution in [0.4, 0.5) is 0 Å². The van der Waals surface area contributed by atoms with Crippen LogP contribution in [0.15, 0.2) is 60.7 Å². The summed E-state index contributed by atoms with van der Waals surface area (Å²) in [6.45, 7) is 0. The second kappa shape index (κ2) is 10.0. The lowest BCUT2D eigenvalue weighted by Gasteiger charge is -2.16. The molecule has 0 aromatic heterocycles. The quantitative estimate of drug-likeness (QED) is 0.273. The van der Waals surface area contributed by atoms with Gasteiger partial charge in [-0.05, 0) is 69.8 Å². The van der Waals surface area contributed by atoms with Crippen LogP contribution in [-0.4, -0.2) is 26.2 Å². The molecule has 4 nitrogen and oxygen atoms in total. The Balaban J connectivity index is 2.04. The highest BCUT2D eigenvalue weighted by molar-refractivity contribution is 9.08. The number of rotatable bonds is 6. The lowest BCUT2D eigenvalue weighted by molar-refractivity contribution is 0.0592. The first kappa shape index (κ1) is 22.2. The van der Waals surface area contributed by atoms with Crippen molar-refractivity contribution in [2.45, 2.75) is 10.7 Å². The molecule has 0 heterocycles. The molecule has 3 aromatic rings. The molecule has 0 N–H and O–H groups in total. The number of ether oxygens (including phenoxy) is 2. The zero-order chi connectivity index (χ0) is 21.7. The first-order chi connectivity index (χ1) is 14.5. The zero-order valence-corrected chi connectivity index (χ0v) is 19.7. The number of esters is 2. The van der Waals surface area contributed by atoms with Crippen molar-refractivity contribution >= 4 is 43.8 Å². The van der Waals surface area contributed by atoms with Crippen LogP contribution >= 0.6 is 31.9 Å². The number of carbonyl (C=O) groups excluding carboxylic acids is 2. The molecule has 0 fully saturated rings. The van der Waals surface area contributed by atoms with Crippen molar-refractivity contribution in [1.82, 2.24) is 0 Å². The Kier molecular flexibility index (Phi) is 7.45. The predicted molar refractivity (Wildman–Crippen MR) is 125 cm³/mol. The number of halogens is 2. The SMILES string of the molecule is COC(=O)c1ccc(-c2cc(CBr)c(-c3ccc(C(=O)OC)cc3)cc2CBr)cc1. The van der Waals surface area contributed by atoms with E-state index in [0.29, 0.717) is 21.8 Å². The monoisotopic (exact) mass is 530 g/mol. The van der Waals surface area contributed by atoms with Gasteiger partial charge < -0.3 is 9.47 Å². The van der Waals surface area contributed by atoms with Crippen LogP contribution in [0.5, 0.6) is 0 Å². The van der Waals surface area contributed by atoms with E-state index < -0.39 is 0 Å². The van der Waals surface area contributed by atoms with Gasteiger partial charge in [-0.25, -0.2) is 9.59 Å². The van der Waals surface area contributed by atoms with Crippen molar-refractivity contribution in [3.05, 3.63) is 82.9 Å². The van der Waals surface area contributed by atoms with Crippen molar-refractivity contribution < 1.29 is 19.1 Å². The molecule has 0 unspecified atom stereocenters. The van der Waals surface area contributed by atoms with E-state index in [1.54, 1.807) is 24.3 Å². The molecule has 0 atom stereocenters. The second-order valence-corrected chi connectivity index (χ2v) is 7.69. The number of hydrogen-bond acceptors (Lipinski definition) is 4. The standard InChI is InChI=1S/C24H20Br2O4/c1-29-23(27)17-7-3-15(4-8-17)21-11-20(14-26)22(12-19(21)13-25)16-5-9-18(10-6-16)24(28)30-2/h3-12H,13-14H2,1-2H3. The van der Waals surface area contributed by atoms with Crippen LogP contribution in [0.25, 0.3) is 22.3 Å². The third-order valence-electron chi connectivity index (χ3n) is 4.85. The van der Waals surface area contributed by atoms with Gasteiger partial charge in [-0.1, -0.05) is 56.1 Å². The molecule has 6 heteroatoms. The maximum Gasteiger partial charge on any atom is 0.337 e. The van der Waals surface area contributed by atoms with Gasteiger partial charge in [0.05, 0.1) is 25.3 Å². The van der Waals surface area contributed by atoms with E-state index >= 15 is 0 Å². The average molecular weight is 532 g/mol. The smallest absolute Gasteiger partial charge is 0.337 e. The molecule has 154 valence electrons. The molecular weight excluding hydrogens is 512 g/mol. The second-order valence-electron chi connectivity index (χ2n) is 6.57. The molecule has 3 rings (SSSR count). The summed E-state index contributed by atoms with van der Waals surface area (Å²) < 4.78 is 9.55. The normalized spacial score (nSPS) is 10.5. The first-order valence-electron chi connectivity index (χ1n) is 9.17. The molecule has 3 aromatic carbocycles. The van der Waals surface area contributed by atoms with Gasteiger partial charge in [0.15, 0.2) is 0 Å². The minimum Gasteiger partial charge on any atom is -0.465 e. The van der Waals surface area contributed by atoms with Crippen LogP contribution in [-0.2, 0) is 20.1 Å². The maximum absolute atomic E-state index is 11.7. The van der Waals surface area contributed by atoms with E-state index in [4.69, 9.17) is 9.47 Å². The Morgan fingerprint density at radius 3 is 1.27 bits per heavy atom. The van der Waals surface area contributed by atoms with E-state index in [2.05, 4.69) is 44.0 Å². The van der Waals surface area contributed by atoms with Crippen LogP contribution in [0, 0.1) is 0 Å². The van der Waals surface area contributed by atoms with E-state index in [0.717, 1.165) is 33.4 Å². The fourth-order valence-corrected chi connectivity index (χ4v) is 4.18. The highest BCUT2D eigenvalue weighted by atomic mass is 79.9. The van der Waals surface area contributed by atoms with Gasteiger partial charge in [0, 0.05) is 10.7 Å². The van der Waals surface area contributed by atoms with E-state index in [-0.39, 0.29) is 11.9 Å². The Morgan fingerprint density at radius 1 is 0.667 bits per heavy atom. The molecule has 0 aliphatic rings. The predicted octanol–water partition coefficient (Wildman–Crippen LogP) is 6.38. The fraction of sp³-hybridized carbons (Fsp3) is 0.167. The average Bonchev–Trinajstić information content (AvgIpc) is 2.82. The number of carbonyl (C=O) groups is 2. The van der Waals surface area contributed by atoms with Crippen molar-refractivity contribution in [3.8, 4) is 22.3 Å². The Hall–Kier alpha value is -2.44. The lowest BCUT2D eigenvalue weighted by atomic mass is 9.91. The molecule has 0 radical (unpaired) electrons. The van der Waals surface area contributed by atoms with Crippen LogP contribution in [0.3, 0.4) is 0 Å². The Bertz CT molecular complexity index is 971. The maximum atomic E-state index is 11.7. The van der Waals surface area contributed by atoms with Crippen LogP contribution < -0.4 is 0 Å². The number of methoxy groups -OCH3 is 2. The highest BCUT2D eigenvalue weighted by Crippen LogP contribution is 2.35. The third-order valence-corrected chi connectivity index (χ3v) is 6.06. The van der Waals surface area contributed by atoms with Gasteiger partial charge in [-0.15, -0.1) is 0 Å². The molecule has 0 aliphatic heterocycles. The lowest BCUT2D eigenvalue weighted by Crippen LogP contribution is -2.01. The number of benzene rings is 3. The van der Waals surface area contributed by atoms with E-state index in [1.165, 1.54) is 14.2 Å². The minimum absolute atomic E-state index is 0.353. The molecule has 0 spiro atoms.